The first-order valence-electron chi connectivity index (χ1n) is 8.77. The number of aromatic nitrogens is 1. The zero-order valence-electron chi connectivity index (χ0n) is 15.6. The summed E-state index contributed by atoms with van der Waals surface area (Å²) in [5, 5.41) is 4.97. The molecule has 0 atom stereocenters. The molecule has 3 aromatic rings. The molecule has 3 rings (SSSR count). The van der Waals surface area contributed by atoms with Gasteiger partial charge in [-0.25, -0.2) is 9.78 Å². The van der Waals surface area contributed by atoms with Gasteiger partial charge in [-0.1, -0.05) is 29.8 Å². The van der Waals surface area contributed by atoms with E-state index in [0.29, 0.717) is 23.1 Å². The molecule has 0 saturated carbocycles. The smallest absolute Gasteiger partial charge is 0.338 e. The second-order valence-corrected chi connectivity index (χ2v) is 6.84. The molecule has 0 aliphatic rings. The van der Waals surface area contributed by atoms with Crippen molar-refractivity contribution in [3.63, 3.8) is 0 Å². The van der Waals surface area contributed by atoms with Crippen LogP contribution in [0.25, 0.3) is 11.3 Å². The Hall–Kier alpha value is -3.19. The number of anilines is 1. The van der Waals surface area contributed by atoms with Crippen LogP contribution in [-0.2, 0) is 9.53 Å². The lowest BCUT2D eigenvalue weighted by atomic mass is 10.1. The fourth-order valence-corrected chi connectivity index (χ4v) is 3.15. The highest BCUT2D eigenvalue weighted by Crippen LogP contribution is 2.25. The van der Waals surface area contributed by atoms with E-state index < -0.39 is 11.9 Å². The van der Waals surface area contributed by atoms with E-state index in [1.54, 1.807) is 24.3 Å². The molecule has 6 nitrogen and oxygen atoms in total. The maximum absolute atomic E-state index is 12.0. The summed E-state index contributed by atoms with van der Waals surface area (Å²) in [5.41, 5.74) is 3.28. The van der Waals surface area contributed by atoms with Crippen LogP contribution in [0.4, 0.5) is 5.13 Å². The third-order valence-corrected chi connectivity index (χ3v) is 4.59. The van der Waals surface area contributed by atoms with Crippen LogP contribution < -0.4 is 10.1 Å². The SMILES string of the molecule is CCOc1ccc(C(=O)OCC(=O)Nc2nc(-c3ccc(C)cc3)cs2)cc1. The topological polar surface area (TPSA) is 77.5 Å². The molecule has 0 radical (unpaired) electrons. The Kier molecular flexibility index (Phi) is 6.39. The van der Waals surface area contributed by atoms with Crippen LogP contribution in [0.3, 0.4) is 0 Å². The Morgan fingerprint density at radius 2 is 1.79 bits per heavy atom. The Morgan fingerprint density at radius 1 is 1.07 bits per heavy atom. The third-order valence-electron chi connectivity index (χ3n) is 3.83. The Morgan fingerprint density at radius 3 is 2.46 bits per heavy atom. The lowest BCUT2D eigenvalue weighted by Gasteiger charge is -2.06. The van der Waals surface area contributed by atoms with E-state index in [1.807, 2.05) is 43.5 Å². The number of benzene rings is 2. The minimum absolute atomic E-state index is 0.354. The monoisotopic (exact) mass is 396 g/mol. The number of carbonyl (C=O) groups excluding carboxylic acids is 2. The molecular formula is C21H20N2O4S. The van der Waals surface area contributed by atoms with Crippen LogP contribution >= 0.6 is 11.3 Å². The van der Waals surface area contributed by atoms with Gasteiger partial charge >= 0.3 is 5.97 Å². The maximum Gasteiger partial charge on any atom is 0.338 e. The average Bonchev–Trinajstić information content (AvgIpc) is 3.16. The van der Waals surface area contributed by atoms with Crippen molar-refractivity contribution < 1.29 is 19.1 Å². The number of aryl methyl sites for hydroxylation is 1. The van der Waals surface area contributed by atoms with Gasteiger partial charge in [-0.15, -0.1) is 11.3 Å². The number of esters is 1. The minimum Gasteiger partial charge on any atom is -0.494 e. The maximum atomic E-state index is 12.0. The molecule has 0 unspecified atom stereocenters. The molecule has 0 saturated heterocycles. The third kappa shape index (κ3) is 5.17. The quantitative estimate of drug-likeness (QED) is 0.602. The van der Waals surface area contributed by atoms with Crippen LogP contribution in [0.5, 0.6) is 5.75 Å². The second kappa shape index (κ2) is 9.14. The van der Waals surface area contributed by atoms with Crippen LogP contribution in [-0.4, -0.2) is 30.1 Å². The van der Waals surface area contributed by atoms with Crippen molar-refractivity contribution in [2.75, 3.05) is 18.5 Å². The van der Waals surface area contributed by atoms with Crippen molar-refractivity contribution in [2.24, 2.45) is 0 Å². The fraction of sp³-hybridized carbons (Fsp3) is 0.190. The summed E-state index contributed by atoms with van der Waals surface area (Å²) in [7, 11) is 0. The van der Waals surface area contributed by atoms with Gasteiger partial charge in [0.15, 0.2) is 11.7 Å². The molecule has 0 bridgehead atoms. The standard InChI is InChI=1S/C21H20N2O4S/c1-3-26-17-10-8-16(9-11-17)20(25)27-12-19(24)23-21-22-18(13-28-21)15-6-4-14(2)5-7-15/h4-11,13H,3,12H2,1-2H3,(H,22,23,24). The molecule has 0 spiro atoms. The second-order valence-electron chi connectivity index (χ2n) is 5.99. The van der Waals surface area contributed by atoms with Crippen molar-refractivity contribution in [1.29, 1.82) is 0 Å². The van der Waals surface area contributed by atoms with Crippen molar-refractivity contribution in [1.82, 2.24) is 4.98 Å². The van der Waals surface area contributed by atoms with Gasteiger partial charge in [0.2, 0.25) is 0 Å². The number of hydrogen-bond acceptors (Lipinski definition) is 6. The lowest BCUT2D eigenvalue weighted by Crippen LogP contribution is -2.20. The molecule has 28 heavy (non-hydrogen) atoms. The molecule has 0 aliphatic heterocycles. The summed E-state index contributed by atoms with van der Waals surface area (Å²) in [6.07, 6.45) is 0. The number of carbonyl (C=O) groups is 2. The zero-order chi connectivity index (χ0) is 19.9. The van der Waals surface area contributed by atoms with Crippen molar-refractivity contribution >= 4 is 28.3 Å². The number of nitrogens with zero attached hydrogens (tertiary/aromatic N) is 1. The van der Waals surface area contributed by atoms with Gasteiger partial charge in [0.05, 0.1) is 17.9 Å². The molecule has 7 heteroatoms. The minimum atomic E-state index is -0.572. The first kappa shape index (κ1) is 19.6. The van der Waals surface area contributed by atoms with Gasteiger partial charge in [0.1, 0.15) is 5.75 Å². The van der Waals surface area contributed by atoms with E-state index >= 15 is 0 Å². The number of rotatable bonds is 7. The summed E-state index contributed by atoms with van der Waals surface area (Å²) < 4.78 is 10.4. The normalized spacial score (nSPS) is 10.4. The number of thiazole rings is 1. The van der Waals surface area contributed by atoms with E-state index in [4.69, 9.17) is 9.47 Å². The summed E-state index contributed by atoms with van der Waals surface area (Å²) in [5.74, 6) is -0.341. The van der Waals surface area contributed by atoms with Crippen molar-refractivity contribution in [3.05, 3.63) is 65.0 Å². The van der Waals surface area contributed by atoms with E-state index in [1.165, 1.54) is 16.9 Å². The Balaban J connectivity index is 1.51. The van der Waals surface area contributed by atoms with E-state index in [2.05, 4.69) is 10.3 Å². The Bertz CT molecular complexity index is 949. The van der Waals surface area contributed by atoms with E-state index in [0.717, 1.165) is 11.3 Å². The van der Waals surface area contributed by atoms with Crippen LogP contribution in [0, 0.1) is 6.92 Å². The fourth-order valence-electron chi connectivity index (χ4n) is 2.41. The number of hydrogen-bond donors (Lipinski definition) is 1. The predicted octanol–water partition coefficient (Wildman–Crippen LogP) is 4.31. The van der Waals surface area contributed by atoms with E-state index in [-0.39, 0.29) is 6.61 Å². The summed E-state index contributed by atoms with van der Waals surface area (Å²) in [4.78, 5) is 28.5. The molecule has 1 aromatic heterocycles. The highest BCUT2D eigenvalue weighted by molar-refractivity contribution is 7.14. The molecule has 1 heterocycles. The molecule has 2 aromatic carbocycles. The summed E-state index contributed by atoms with van der Waals surface area (Å²) in [6, 6.07) is 14.5. The van der Waals surface area contributed by atoms with Gasteiger partial charge in [0.25, 0.3) is 5.91 Å². The first-order valence-corrected chi connectivity index (χ1v) is 9.65. The summed E-state index contributed by atoms with van der Waals surface area (Å²) in [6.45, 7) is 4.07. The average molecular weight is 396 g/mol. The molecule has 0 aliphatic carbocycles. The molecule has 1 amide bonds. The van der Waals surface area contributed by atoms with Gasteiger partial charge in [-0.3, -0.25) is 10.1 Å². The van der Waals surface area contributed by atoms with Gasteiger partial charge < -0.3 is 9.47 Å². The molecule has 1 N–H and O–H groups in total. The first-order chi connectivity index (χ1) is 13.5. The van der Waals surface area contributed by atoms with Crippen LogP contribution in [0.15, 0.2) is 53.9 Å². The zero-order valence-corrected chi connectivity index (χ0v) is 16.4. The Labute approximate surface area is 167 Å². The van der Waals surface area contributed by atoms with Gasteiger partial charge in [0, 0.05) is 10.9 Å². The van der Waals surface area contributed by atoms with E-state index in [9.17, 15) is 9.59 Å². The highest BCUT2D eigenvalue weighted by Gasteiger charge is 2.12. The molecular weight excluding hydrogens is 376 g/mol. The molecule has 144 valence electrons. The molecule has 0 fully saturated rings. The van der Waals surface area contributed by atoms with Crippen LogP contribution in [0.2, 0.25) is 0 Å². The van der Waals surface area contributed by atoms with Crippen molar-refractivity contribution in [3.8, 4) is 17.0 Å². The number of ether oxygens (including phenoxy) is 2. The lowest BCUT2D eigenvalue weighted by molar-refractivity contribution is -0.119. The van der Waals surface area contributed by atoms with Gasteiger partial charge in [-0.2, -0.15) is 0 Å². The van der Waals surface area contributed by atoms with Crippen molar-refractivity contribution in [2.45, 2.75) is 13.8 Å². The highest BCUT2D eigenvalue weighted by atomic mass is 32.1. The van der Waals surface area contributed by atoms with Gasteiger partial charge in [-0.05, 0) is 38.1 Å². The number of nitrogens with one attached hydrogen (secondary N) is 1. The number of amides is 1. The predicted molar refractivity (Wildman–Crippen MR) is 109 cm³/mol. The van der Waals surface area contributed by atoms with Crippen LogP contribution in [0.1, 0.15) is 22.8 Å². The largest absolute Gasteiger partial charge is 0.494 e. The summed E-state index contributed by atoms with van der Waals surface area (Å²) >= 11 is 1.32.